The van der Waals surface area contributed by atoms with Gasteiger partial charge in [-0.2, -0.15) is 0 Å². The number of likely N-dealkylation sites (N-methyl/N-ethyl adjacent to an activating group) is 1. The molecular weight excluding hydrogens is 512 g/mol. The molecule has 1 atom stereocenters. The smallest absolute Gasteiger partial charge is 0.158 e. The highest BCUT2D eigenvalue weighted by Crippen LogP contribution is 2.36. The average molecular weight is 550 g/mol. The van der Waals surface area contributed by atoms with Crippen LogP contribution in [0.1, 0.15) is 36.4 Å². The summed E-state index contributed by atoms with van der Waals surface area (Å²) in [6.45, 7) is 9.37. The standard InChI is InChI=1S/C30H37F2N7O/c1-21-17-23(4-6-27(21)38-10-7-24(8-11-38)37-14-12-36(2)13-15-37)35-29-19-30(34-20-33-29)39-28(9-16-40-39)25-18-22(31)3-5-26(25)32/h3-6,17-20,24,28H,7-16H2,1-2H3,(H,33,34,35). The second kappa shape index (κ2) is 11.6. The summed E-state index contributed by atoms with van der Waals surface area (Å²) in [6, 6.07) is 11.9. The third-order valence-electron chi connectivity index (χ3n) is 8.43. The third kappa shape index (κ3) is 5.75. The molecule has 8 nitrogen and oxygen atoms in total. The maximum absolute atomic E-state index is 14.5. The maximum Gasteiger partial charge on any atom is 0.158 e. The van der Waals surface area contributed by atoms with Crippen molar-refractivity contribution in [3.63, 3.8) is 0 Å². The number of aromatic nitrogens is 2. The number of hydroxylamine groups is 1. The second-order valence-electron chi connectivity index (χ2n) is 11.1. The van der Waals surface area contributed by atoms with Crippen LogP contribution in [0, 0.1) is 18.6 Å². The van der Waals surface area contributed by atoms with E-state index in [4.69, 9.17) is 4.84 Å². The first kappa shape index (κ1) is 26.9. The first-order chi connectivity index (χ1) is 19.4. The predicted octanol–water partition coefficient (Wildman–Crippen LogP) is 4.91. The van der Waals surface area contributed by atoms with Crippen LogP contribution in [0.4, 0.5) is 31.8 Å². The number of piperazine rings is 1. The minimum absolute atomic E-state index is 0.254. The molecular formula is C30H37F2N7O. The lowest BCUT2D eigenvalue weighted by Gasteiger charge is -2.43. The summed E-state index contributed by atoms with van der Waals surface area (Å²) in [5.41, 5.74) is 3.66. The maximum atomic E-state index is 14.5. The van der Waals surface area contributed by atoms with E-state index in [1.807, 2.05) is 0 Å². The summed E-state index contributed by atoms with van der Waals surface area (Å²) < 4.78 is 28.4. The first-order valence-electron chi connectivity index (χ1n) is 14.2. The van der Waals surface area contributed by atoms with Crippen LogP contribution in [0.5, 0.6) is 0 Å². The number of hydrogen-bond donors (Lipinski definition) is 1. The number of rotatable bonds is 6. The Kier molecular flexibility index (Phi) is 7.82. The fraction of sp³-hybridized carbons (Fsp3) is 0.467. The SMILES string of the molecule is Cc1cc(Nc2cc(N3OCCC3c3cc(F)ccc3F)ncn2)ccc1N1CCC(N2CCN(C)CC2)CC1. The van der Waals surface area contributed by atoms with Crippen molar-refractivity contribution in [3.8, 4) is 0 Å². The molecule has 4 heterocycles. The molecule has 0 spiro atoms. The normalized spacial score (nSPS) is 21.2. The van der Waals surface area contributed by atoms with Gasteiger partial charge in [0.15, 0.2) is 5.82 Å². The monoisotopic (exact) mass is 549 g/mol. The van der Waals surface area contributed by atoms with Crippen LogP contribution in [-0.4, -0.2) is 78.7 Å². The number of nitrogens with zero attached hydrogens (tertiary/aromatic N) is 6. The summed E-state index contributed by atoms with van der Waals surface area (Å²) in [5, 5.41) is 4.92. The van der Waals surface area contributed by atoms with Gasteiger partial charge in [-0.3, -0.25) is 9.74 Å². The number of nitrogens with one attached hydrogen (secondary N) is 1. The lowest BCUT2D eigenvalue weighted by Crippen LogP contribution is -2.52. The number of aryl methyl sites for hydroxylation is 1. The molecule has 212 valence electrons. The molecule has 1 unspecified atom stereocenters. The van der Waals surface area contributed by atoms with E-state index in [9.17, 15) is 8.78 Å². The zero-order chi connectivity index (χ0) is 27.6. The summed E-state index contributed by atoms with van der Waals surface area (Å²) in [7, 11) is 2.21. The van der Waals surface area contributed by atoms with E-state index in [-0.39, 0.29) is 5.56 Å². The minimum atomic E-state index is -0.480. The Balaban J connectivity index is 1.11. The quantitative estimate of drug-likeness (QED) is 0.466. The van der Waals surface area contributed by atoms with Crippen molar-refractivity contribution in [2.45, 2.75) is 38.3 Å². The Bertz CT molecular complexity index is 1330. The molecule has 2 aromatic carbocycles. The zero-order valence-corrected chi connectivity index (χ0v) is 23.2. The molecule has 0 saturated carbocycles. The third-order valence-corrected chi connectivity index (χ3v) is 8.43. The van der Waals surface area contributed by atoms with Crippen molar-refractivity contribution in [3.05, 3.63) is 71.6 Å². The van der Waals surface area contributed by atoms with Crippen LogP contribution in [0.15, 0.2) is 48.8 Å². The van der Waals surface area contributed by atoms with Crippen molar-refractivity contribution in [1.82, 2.24) is 19.8 Å². The largest absolute Gasteiger partial charge is 0.371 e. The van der Waals surface area contributed by atoms with Crippen LogP contribution in [-0.2, 0) is 4.84 Å². The topological polar surface area (TPSA) is 60.0 Å². The molecule has 40 heavy (non-hydrogen) atoms. The summed E-state index contributed by atoms with van der Waals surface area (Å²) >= 11 is 0. The molecule has 3 aliphatic heterocycles. The van der Waals surface area contributed by atoms with Gasteiger partial charge in [0.2, 0.25) is 0 Å². The predicted molar refractivity (Wildman–Crippen MR) is 153 cm³/mol. The molecule has 3 fully saturated rings. The van der Waals surface area contributed by atoms with Crippen molar-refractivity contribution in [2.24, 2.45) is 0 Å². The molecule has 10 heteroatoms. The number of hydrogen-bond acceptors (Lipinski definition) is 8. The Morgan fingerprint density at radius 1 is 0.900 bits per heavy atom. The van der Waals surface area contributed by atoms with Gasteiger partial charge in [-0.05, 0) is 68.8 Å². The van der Waals surface area contributed by atoms with E-state index in [0.29, 0.717) is 30.7 Å². The van der Waals surface area contributed by atoms with Gasteiger partial charge in [0.1, 0.15) is 23.8 Å². The van der Waals surface area contributed by atoms with E-state index in [1.165, 1.54) is 62.7 Å². The molecule has 0 aliphatic carbocycles. The molecule has 1 N–H and O–H groups in total. The van der Waals surface area contributed by atoms with Crippen LogP contribution < -0.4 is 15.3 Å². The molecule has 0 amide bonds. The molecule has 0 bridgehead atoms. The van der Waals surface area contributed by atoms with Gasteiger partial charge in [0.25, 0.3) is 0 Å². The van der Waals surface area contributed by atoms with Gasteiger partial charge in [0, 0.05) is 74.7 Å². The van der Waals surface area contributed by atoms with Gasteiger partial charge in [-0.1, -0.05) is 0 Å². The van der Waals surface area contributed by atoms with Crippen molar-refractivity contribution in [1.29, 1.82) is 0 Å². The lowest BCUT2D eigenvalue weighted by molar-refractivity contribution is 0.0982. The number of halogens is 2. The minimum Gasteiger partial charge on any atom is -0.371 e. The molecule has 3 aliphatic rings. The highest BCUT2D eigenvalue weighted by molar-refractivity contribution is 5.65. The zero-order valence-electron chi connectivity index (χ0n) is 23.2. The summed E-state index contributed by atoms with van der Waals surface area (Å²) in [5.74, 6) is 0.138. The van der Waals surface area contributed by atoms with E-state index < -0.39 is 17.7 Å². The van der Waals surface area contributed by atoms with E-state index in [1.54, 1.807) is 11.1 Å². The first-order valence-corrected chi connectivity index (χ1v) is 14.2. The number of benzene rings is 2. The Morgan fingerprint density at radius 3 is 2.48 bits per heavy atom. The molecule has 1 aromatic heterocycles. The highest BCUT2D eigenvalue weighted by Gasteiger charge is 2.32. The molecule has 3 saturated heterocycles. The highest BCUT2D eigenvalue weighted by atomic mass is 19.1. The van der Waals surface area contributed by atoms with E-state index >= 15 is 0 Å². The van der Waals surface area contributed by atoms with Crippen LogP contribution in [0.3, 0.4) is 0 Å². The fourth-order valence-electron chi connectivity index (χ4n) is 6.18. The fourth-order valence-corrected chi connectivity index (χ4v) is 6.18. The Hall–Kier alpha value is -3.34. The van der Waals surface area contributed by atoms with Crippen molar-refractivity contribution >= 4 is 23.0 Å². The van der Waals surface area contributed by atoms with Gasteiger partial charge < -0.3 is 15.1 Å². The van der Waals surface area contributed by atoms with Crippen molar-refractivity contribution < 1.29 is 13.6 Å². The van der Waals surface area contributed by atoms with E-state index in [2.05, 4.69) is 62.2 Å². The number of piperidine rings is 1. The van der Waals surface area contributed by atoms with Crippen LogP contribution >= 0.6 is 0 Å². The second-order valence-corrected chi connectivity index (χ2v) is 11.1. The van der Waals surface area contributed by atoms with Crippen molar-refractivity contribution in [2.75, 3.05) is 68.2 Å². The Morgan fingerprint density at radius 2 is 1.70 bits per heavy atom. The summed E-state index contributed by atoms with van der Waals surface area (Å²) in [4.78, 5) is 22.1. The van der Waals surface area contributed by atoms with Gasteiger partial charge in [-0.25, -0.2) is 23.8 Å². The molecule has 6 rings (SSSR count). The average Bonchev–Trinajstić information content (AvgIpc) is 3.45. The summed E-state index contributed by atoms with van der Waals surface area (Å²) in [6.07, 6.45) is 4.38. The van der Waals surface area contributed by atoms with Crippen LogP contribution in [0.25, 0.3) is 0 Å². The van der Waals surface area contributed by atoms with Gasteiger partial charge >= 0.3 is 0 Å². The molecule has 0 radical (unpaired) electrons. The van der Waals surface area contributed by atoms with E-state index in [0.717, 1.165) is 30.9 Å². The van der Waals surface area contributed by atoms with Gasteiger partial charge in [0.05, 0.1) is 12.6 Å². The lowest BCUT2D eigenvalue weighted by atomic mass is 10.0. The molecule has 3 aromatic rings. The Labute approximate surface area is 234 Å². The van der Waals surface area contributed by atoms with Gasteiger partial charge in [-0.15, -0.1) is 0 Å². The number of anilines is 4. The van der Waals surface area contributed by atoms with Crippen LogP contribution in [0.2, 0.25) is 0 Å².